The van der Waals surface area contributed by atoms with Crippen molar-refractivity contribution in [2.45, 2.75) is 11.6 Å². The standard InChI is InChI=1S/C6H8N2O2S/c1-7-5(9)4-2-11-3-8(4)6(7)10/h9H,2-3H2,1H3. The molecule has 1 N–H and O–H groups in total. The molecule has 0 amide bonds. The molecule has 0 saturated heterocycles. The monoisotopic (exact) mass is 172 g/mol. The van der Waals surface area contributed by atoms with Gasteiger partial charge in [0, 0.05) is 12.8 Å². The summed E-state index contributed by atoms with van der Waals surface area (Å²) in [6.07, 6.45) is 0. The van der Waals surface area contributed by atoms with Crippen molar-refractivity contribution in [3.05, 3.63) is 16.2 Å². The van der Waals surface area contributed by atoms with Crippen molar-refractivity contribution in [2.24, 2.45) is 7.05 Å². The predicted octanol–water partition coefficient (Wildman–Crippen LogP) is 0.0967. The minimum atomic E-state index is -0.123. The lowest BCUT2D eigenvalue weighted by Crippen LogP contribution is -2.20. The maximum atomic E-state index is 11.2. The predicted molar refractivity (Wildman–Crippen MR) is 42.6 cm³/mol. The van der Waals surface area contributed by atoms with E-state index in [1.54, 1.807) is 23.4 Å². The number of thioether (sulfide) groups is 1. The largest absolute Gasteiger partial charge is 0.493 e. The maximum absolute atomic E-state index is 11.2. The van der Waals surface area contributed by atoms with E-state index in [-0.39, 0.29) is 11.6 Å². The molecule has 1 aliphatic heterocycles. The molecule has 0 radical (unpaired) electrons. The molecule has 60 valence electrons. The Balaban J connectivity index is 2.78. The first-order valence-electron chi connectivity index (χ1n) is 3.27. The molecule has 0 saturated carbocycles. The third kappa shape index (κ3) is 0.742. The van der Waals surface area contributed by atoms with E-state index in [1.165, 1.54) is 4.57 Å². The normalized spacial score (nSPS) is 15.4. The Kier molecular flexibility index (Phi) is 1.29. The molecule has 0 spiro atoms. The molecule has 4 nitrogen and oxygen atoms in total. The van der Waals surface area contributed by atoms with Crippen LogP contribution in [0, 0.1) is 0 Å². The molecule has 2 heterocycles. The van der Waals surface area contributed by atoms with Crippen molar-refractivity contribution in [1.82, 2.24) is 9.13 Å². The van der Waals surface area contributed by atoms with Crippen molar-refractivity contribution >= 4 is 11.8 Å². The lowest BCUT2D eigenvalue weighted by atomic mass is 10.5. The van der Waals surface area contributed by atoms with Crippen molar-refractivity contribution in [1.29, 1.82) is 0 Å². The molecule has 0 bridgehead atoms. The zero-order valence-electron chi connectivity index (χ0n) is 6.07. The quantitative estimate of drug-likeness (QED) is 0.603. The van der Waals surface area contributed by atoms with Gasteiger partial charge in [-0.05, 0) is 0 Å². The summed E-state index contributed by atoms with van der Waals surface area (Å²) in [5.41, 5.74) is 0.630. The van der Waals surface area contributed by atoms with Crippen LogP contribution >= 0.6 is 11.8 Å². The van der Waals surface area contributed by atoms with Gasteiger partial charge in [0.1, 0.15) is 0 Å². The second kappa shape index (κ2) is 2.07. The first kappa shape index (κ1) is 6.84. The van der Waals surface area contributed by atoms with Gasteiger partial charge in [-0.15, -0.1) is 11.8 Å². The van der Waals surface area contributed by atoms with Crippen LogP contribution in [0.1, 0.15) is 5.69 Å². The molecule has 0 unspecified atom stereocenters. The van der Waals surface area contributed by atoms with Crippen LogP contribution in [0.25, 0.3) is 0 Å². The Labute approximate surface area is 67.4 Å². The number of nitrogens with zero attached hydrogens (tertiary/aromatic N) is 2. The highest BCUT2D eigenvalue weighted by molar-refractivity contribution is 7.97. The lowest BCUT2D eigenvalue weighted by Gasteiger charge is -1.91. The summed E-state index contributed by atoms with van der Waals surface area (Å²) in [5, 5.41) is 9.37. The van der Waals surface area contributed by atoms with Crippen LogP contribution in [0.15, 0.2) is 4.79 Å². The van der Waals surface area contributed by atoms with Crippen molar-refractivity contribution in [3.8, 4) is 5.88 Å². The summed E-state index contributed by atoms with van der Waals surface area (Å²) in [7, 11) is 1.58. The molecule has 0 aliphatic carbocycles. The Bertz CT molecular complexity index is 352. The highest BCUT2D eigenvalue weighted by atomic mass is 32.2. The molecule has 11 heavy (non-hydrogen) atoms. The van der Waals surface area contributed by atoms with Crippen molar-refractivity contribution in [3.63, 3.8) is 0 Å². The van der Waals surface area contributed by atoms with E-state index in [2.05, 4.69) is 0 Å². The number of hydrogen-bond donors (Lipinski definition) is 1. The average molecular weight is 172 g/mol. The molecule has 1 aromatic rings. The lowest BCUT2D eigenvalue weighted by molar-refractivity contribution is 0.425. The van der Waals surface area contributed by atoms with E-state index in [9.17, 15) is 9.90 Å². The zero-order valence-corrected chi connectivity index (χ0v) is 6.89. The van der Waals surface area contributed by atoms with E-state index in [4.69, 9.17) is 0 Å². The van der Waals surface area contributed by atoms with Crippen LogP contribution < -0.4 is 5.69 Å². The highest BCUT2D eigenvalue weighted by Gasteiger charge is 2.21. The summed E-state index contributed by atoms with van der Waals surface area (Å²) in [5.74, 6) is 1.52. The third-order valence-corrected chi connectivity index (χ3v) is 2.80. The van der Waals surface area contributed by atoms with E-state index in [1.807, 2.05) is 0 Å². The van der Waals surface area contributed by atoms with Crippen LogP contribution in [0.3, 0.4) is 0 Å². The highest BCUT2D eigenvalue weighted by Crippen LogP contribution is 2.28. The Morgan fingerprint density at radius 1 is 1.64 bits per heavy atom. The number of aromatic hydroxyl groups is 1. The SMILES string of the molecule is Cn1c(O)c2n(c1=O)CSC2. The van der Waals surface area contributed by atoms with Gasteiger partial charge < -0.3 is 5.11 Å². The molecule has 2 rings (SSSR count). The van der Waals surface area contributed by atoms with Gasteiger partial charge in [-0.25, -0.2) is 4.79 Å². The third-order valence-electron chi connectivity index (χ3n) is 1.88. The van der Waals surface area contributed by atoms with E-state index in [0.717, 1.165) is 11.4 Å². The summed E-state index contributed by atoms with van der Waals surface area (Å²) in [6, 6.07) is 0. The van der Waals surface area contributed by atoms with Crippen LogP contribution in [0.4, 0.5) is 0 Å². The summed E-state index contributed by atoms with van der Waals surface area (Å²) >= 11 is 1.64. The number of imidazole rings is 1. The summed E-state index contributed by atoms with van der Waals surface area (Å²) in [6.45, 7) is 0. The minimum Gasteiger partial charge on any atom is -0.493 e. The minimum absolute atomic E-state index is 0.111. The fourth-order valence-corrected chi connectivity index (χ4v) is 2.23. The van der Waals surface area contributed by atoms with Crippen LogP contribution in [0.2, 0.25) is 0 Å². The Morgan fingerprint density at radius 2 is 2.36 bits per heavy atom. The van der Waals surface area contributed by atoms with Gasteiger partial charge in [0.15, 0.2) is 0 Å². The molecule has 0 atom stereocenters. The van der Waals surface area contributed by atoms with Crippen LogP contribution in [-0.4, -0.2) is 14.2 Å². The number of hydrogen-bond acceptors (Lipinski definition) is 3. The molecular formula is C6H8N2O2S. The molecule has 1 aromatic heterocycles. The number of rotatable bonds is 0. The van der Waals surface area contributed by atoms with Gasteiger partial charge in [-0.3, -0.25) is 9.13 Å². The Hall–Kier alpha value is -0.840. The van der Waals surface area contributed by atoms with Gasteiger partial charge in [0.05, 0.1) is 11.6 Å². The average Bonchev–Trinajstić information content (AvgIpc) is 2.53. The van der Waals surface area contributed by atoms with E-state index in [0.29, 0.717) is 5.88 Å². The van der Waals surface area contributed by atoms with Crippen molar-refractivity contribution in [2.75, 3.05) is 0 Å². The van der Waals surface area contributed by atoms with Gasteiger partial charge in [0.2, 0.25) is 5.88 Å². The summed E-state index contributed by atoms with van der Waals surface area (Å²) < 4.78 is 2.87. The topological polar surface area (TPSA) is 47.2 Å². The number of fused-ring (bicyclic) bond motifs is 1. The van der Waals surface area contributed by atoms with Crippen LogP contribution in [0.5, 0.6) is 5.88 Å². The molecule has 0 fully saturated rings. The fourth-order valence-electron chi connectivity index (χ4n) is 1.21. The zero-order chi connectivity index (χ0) is 8.01. The molecule has 1 aliphatic rings. The fraction of sp³-hybridized carbons (Fsp3) is 0.500. The first-order valence-corrected chi connectivity index (χ1v) is 4.42. The van der Waals surface area contributed by atoms with E-state index >= 15 is 0 Å². The van der Waals surface area contributed by atoms with Crippen molar-refractivity contribution < 1.29 is 5.11 Å². The van der Waals surface area contributed by atoms with Gasteiger partial charge in [0.25, 0.3) is 0 Å². The molecular weight excluding hydrogens is 164 g/mol. The summed E-state index contributed by atoms with van der Waals surface area (Å²) in [4.78, 5) is 11.2. The molecule has 0 aromatic carbocycles. The first-order chi connectivity index (χ1) is 5.22. The second-order valence-corrected chi connectivity index (χ2v) is 3.47. The van der Waals surface area contributed by atoms with Gasteiger partial charge in [-0.1, -0.05) is 0 Å². The van der Waals surface area contributed by atoms with Gasteiger partial charge in [-0.2, -0.15) is 0 Å². The Morgan fingerprint density at radius 3 is 3.00 bits per heavy atom. The number of aromatic nitrogens is 2. The van der Waals surface area contributed by atoms with Gasteiger partial charge >= 0.3 is 5.69 Å². The maximum Gasteiger partial charge on any atom is 0.331 e. The second-order valence-electron chi connectivity index (χ2n) is 2.52. The van der Waals surface area contributed by atoms with Crippen LogP contribution in [-0.2, 0) is 18.7 Å². The molecule has 5 heteroatoms. The smallest absolute Gasteiger partial charge is 0.331 e. The van der Waals surface area contributed by atoms with E-state index < -0.39 is 0 Å².